The molecule has 0 radical (unpaired) electrons. The highest BCUT2D eigenvalue weighted by molar-refractivity contribution is 6.31. The number of hydrogen-bond donors (Lipinski definition) is 2. The second kappa shape index (κ2) is 6.91. The van der Waals surface area contributed by atoms with Crippen LogP contribution >= 0.6 is 11.6 Å². The second-order valence-electron chi connectivity index (χ2n) is 4.42. The van der Waals surface area contributed by atoms with E-state index >= 15 is 0 Å². The second-order valence-corrected chi connectivity index (χ2v) is 4.83. The van der Waals surface area contributed by atoms with Gasteiger partial charge in [0.05, 0.1) is 6.04 Å². The van der Waals surface area contributed by atoms with E-state index in [4.69, 9.17) is 11.6 Å². The minimum atomic E-state index is -0.228. The summed E-state index contributed by atoms with van der Waals surface area (Å²) in [5.41, 5.74) is 1.90. The molecule has 104 valence electrons. The molecule has 1 heterocycles. The Balaban J connectivity index is 1.86. The molecular weight excluding hydrogens is 274 g/mol. The SMILES string of the molecule is CC(NC(=O)NCc1ccccc1Cl)c1ccncc1. The molecule has 0 aliphatic rings. The first kappa shape index (κ1) is 14.3. The van der Waals surface area contributed by atoms with Gasteiger partial charge in [-0.3, -0.25) is 4.98 Å². The molecule has 20 heavy (non-hydrogen) atoms. The molecule has 0 spiro atoms. The molecule has 1 atom stereocenters. The molecule has 4 nitrogen and oxygen atoms in total. The number of nitrogens with zero attached hydrogens (tertiary/aromatic N) is 1. The average molecular weight is 290 g/mol. The predicted molar refractivity (Wildman–Crippen MR) is 79.5 cm³/mol. The topological polar surface area (TPSA) is 54.0 Å². The highest BCUT2D eigenvalue weighted by atomic mass is 35.5. The lowest BCUT2D eigenvalue weighted by atomic mass is 10.1. The van der Waals surface area contributed by atoms with Crippen molar-refractivity contribution in [1.82, 2.24) is 15.6 Å². The van der Waals surface area contributed by atoms with Crippen LogP contribution in [0.15, 0.2) is 48.8 Å². The Morgan fingerprint density at radius 3 is 2.65 bits per heavy atom. The van der Waals surface area contributed by atoms with Crippen LogP contribution in [0.2, 0.25) is 5.02 Å². The largest absolute Gasteiger partial charge is 0.334 e. The Kier molecular flexibility index (Phi) is 4.96. The van der Waals surface area contributed by atoms with Gasteiger partial charge in [-0.1, -0.05) is 29.8 Å². The number of hydrogen-bond acceptors (Lipinski definition) is 2. The number of pyridine rings is 1. The molecule has 0 saturated heterocycles. The van der Waals surface area contributed by atoms with Gasteiger partial charge >= 0.3 is 6.03 Å². The summed E-state index contributed by atoms with van der Waals surface area (Å²) >= 11 is 6.03. The van der Waals surface area contributed by atoms with E-state index in [0.717, 1.165) is 11.1 Å². The summed E-state index contributed by atoms with van der Waals surface area (Å²) in [6.45, 7) is 2.32. The number of amides is 2. The maximum absolute atomic E-state index is 11.8. The van der Waals surface area contributed by atoms with Gasteiger partial charge in [0.25, 0.3) is 0 Å². The van der Waals surface area contributed by atoms with Gasteiger partial charge in [-0.2, -0.15) is 0 Å². The van der Waals surface area contributed by atoms with Crippen LogP contribution in [-0.4, -0.2) is 11.0 Å². The fraction of sp³-hybridized carbons (Fsp3) is 0.200. The predicted octanol–water partition coefficient (Wildman–Crippen LogP) is 3.30. The lowest BCUT2D eigenvalue weighted by Gasteiger charge is -2.15. The smallest absolute Gasteiger partial charge is 0.315 e. The lowest BCUT2D eigenvalue weighted by Crippen LogP contribution is -2.36. The van der Waals surface area contributed by atoms with Crippen LogP contribution in [0, 0.1) is 0 Å². The standard InChI is InChI=1S/C15H16ClN3O/c1-11(12-6-8-17-9-7-12)19-15(20)18-10-13-4-2-3-5-14(13)16/h2-9,11H,10H2,1H3,(H2,18,19,20). The van der Waals surface area contributed by atoms with E-state index < -0.39 is 0 Å². The third-order valence-electron chi connectivity index (χ3n) is 2.95. The first-order valence-corrected chi connectivity index (χ1v) is 6.72. The van der Waals surface area contributed by atoms with Crippen molar-refractivity contribution >= 4 is 17.6 Å². The molecule has 2 aromatic rings. The Morgan fingerprint density at radius 1 is 1.25 bits per heavy atom. The van der Waals surface area contributed by atoms with Crippen LogP contribution < -0.4 is 10.6 Å². The van der Waals surface area contributed by atoms with Crippen LogP contribution in [0.25, 0.3) is 0 Å². The number of rotatable bonds is 4. The molecule has 1 unspecified atom stereocenters. The van der Waals surface area contributed by atoms with E-state index in [-0.39, 0.29) is 12.1 Å². The number of benzene rings is 1. The summed E-state index contributed by atoms with van der Waals surface area (Å²) in [4.78, 5) is 15.8. The molecule has 1 aromatic heterocycles. The number of urea groups is 1. The van der Waals surface area contributed by atoms with E-state index in [1.165, 1.54) is 0 Å². The molecule has 0 aliphatic heterocycles. The maximum Gasteiger partial charge on any atom is 0.315 e. The van der Waals surface area contributed by atoms with Gasteiger partial charge < -0.3 is 10.6 Å². The Hall–Kier alpha value is -2.07. The van der Waals surface area contributed by atoms with Crippen LogP contribution in [0.4, 0.5) is 4.79 Å². The lowest BCUT2D eigenvalue weighted by molar-refractivity contribution is 0.237. The van der Waals surface area contributed by atoms with Gasteiger partial charge in [-0.25, -0.2) is 4.79 Å². The maximum atomic E-state index is 11.8. The monoisotopic (exact) mass is 289 g/mol. The number of carbonyl (C=O) groups is 1. The van der Waals surface area contributed by atoms with Gasteiger partial charge in [0.1, 0.15) is 0 Å². The molecule has 0 aliphatic carbocycles. The molecule has 5 heteroatoms. The average Bonchev–Trinajstić information content (AvgIpc) is 2.47. The summed E-state index contributed by atoms with van der Waals surface area (Å²) in [5, 5.41) is 6.30. The summed E-state index contributed by atoms with van der Waals surface area (Å²) < 4.78 is 0. The molecular formula is C15H16ClN3O. The van der Waals surface area contributed by atoms with Crippen molar-refractivity contribution in [3.05, 3.63) is 64.9 Å². The van der Waals surface area contributed by atoms with Crippen molar-refractivity contribution in [2.75, 3.05) is 0 Å². The van der Waals surface area contributed by atoms with Gasteiger partial charge in [0.2, 0.25) is 0 Å². The fourth-order valence-electron chi connectivity index (χ4n) is 1.80. The first-order chi connectivity index (χ1) is 9.66. The summed E-state index contributed by atoms with van der Waals surface area (Å²) in [5.74, 6) is 0. The number of halogens is 1. The Labute approximate surface area is 123 Å². The molecule has 0 bridgehead atoms. The van der Waals surface area contributed by atoms with E-state index in [1.807, 2.05) is 37.3 Å². The van der Waals surface area contributed by atoms with Crippen molar-refractivity contribution in [2.45, 2.75) is 19.5 Å². The zero-order chi connectivity index (χ0) is 14.4. The molecule has 2 rings (SSSR count). The zero-order valence-corrected chi connectivity index (χ0v) is 11.9. The highest BCUT2D eigenvalue weighted by Gasteiger charge is 2.09. The van der Waals surface area contributed by atoms with Gasteiger partial charge in [-0.15, -0.1) is 0 Å². The Bertz CT molecular complexity index is 574. The minimum Gasteiger partial charge on any atom is -0.334 e. The van der Waals surface area contributed by atoms with Crippen molar-refractivity contribution in [3.63, 3.8) is 0 Å². The Morgan fingerprint density at radius 2 is 1.95 bits per heavy atom. The van der Waals surface area contributed by atoms with E-state index in [9.17, 15) is 4.79 Å². The van der Waals surface area contributed by atoms with Crippen molar-refractivity contribution in [2.24, 2.45) is 0 Å². The summed E-state index contributed by atoms with van der Waals surface area (Å²) in [6, 6.07) is 10.9. The van der Waals surface area contributed by atoms with Crippen molar-refractivity contribution in [1.29, 1.82) is 0 Å². The molecule has 0 fully saturated rings. The summed E-state index contributed by atoms with van der Waals surface area (Å²) in [6.07, 6.45) is 3.41. The van der Waals surface area contributed by atoms with Gasteiger partial charge in [-0.05, 0) is 36.2 Å². The van der Waals surface area contributed by atoms with Gasteiger partial charge in [0, 0.05) is 24.0 Å². The molecule has 2 N–H and O–H groups in total. The van der Waals surface area contributed by atoms with Crippen molar-refractivity contribution < 1.29 is 4.79 Å². The van der Waals surface area contributed by atoms with Crippen molar-refractivity contribution in [3.8, 4) is 0 Å². The van der Waals surface area contributed by atoms with Gasteiger partial charge in [0.15, 0.2) is 0 Å². The van der Waals surface area contributed by atoms with E-state index in [2.05, 4.69) is 15.6 Å². The number of aromatic nitrogens is 1. The normalized spacial score (nSPS) is 11.7. The summed E-state index contributed by atoms with van der Waals surface area (Å²) in [7, 11) is 0. The fourth-order valence-corrected chi connectivity index (χ4v) is 2.00. The third kappa shape index (κ3) is 3.96. The van der Waals surface area contributed by atoms with E-state index in [1.54, 1.807) is 18.5 Å². The van der Waals surface area contributed by atoms with Crippen LogP contribution in [0.1, 0.15) is 24.1 Å². The molecule has 1 aromatic carbocycles. The quantitative estimate of drug-likeness (QED) is 0.907. The minimum absolute atomic E-state index is 0.0794. The highest BCUT2D eigenvalue weighted by Crippen LogP contribution is 2.14. The van der Waals surface area contributed by atoms with Crippen LogP contribution in [-0.2, 0) is 6.54 Å². The molecule has 2 amide bonds. The number of nitrogens with one attached hydrogen (secondary N) is 2. The van der Waals surface area contributed by atoms with E-state index in [0.29, 0.717) is 11.6 Å². The first-order valence-electron chi connectivity index (χ1n) is 6.34. The zero-order valence-electron chi connectivity index (χ0n) is 11.1. The van der Waals surface area contributed by atoms with Crippen LogP contribution in [0.5, 0.6) is 0 Å². The van der Waals surface area contributed by atoms with Crippen LogP contribution in [0.3, 0.4) is 0 Å². The number of carbonyl (C=O) groups excluding carboxylic acids is 1. The third-order valence-corrected chi connectivity index (χ3v) is 3.32. The molecule has 0 saturated carbocycles.